The first kappa shape index (κ1) is 23.0. The largest absolute Gasteiger partial charge is 0.385 e. The highest BCUT2D eigenvalue weighted by atomic mass is 32.2. The van der Waals surface area contributed by atoms with Gasteiger partial charge in [0.15, 0.2) is 11.0 Å². The Labute approximate surface area is 187 Å². The number of thioether (sulfide) groups is 1. The topological polar surface area (TPSA) is 81.9 Å². The van der Waals surface area contributed by atoms with Crippen molar-refractivity contribution in [2.75, 3.05) is 24.8 Å². The van der Waals surface area contributed by atoms with Crippen LogP contribution in [0.25, 0.3) is 11.4 Å². The number of ether oxygens (including phenoxy) is 1. The summed E-state index contributed by atoms with van der Waals surface area (Å²) in [5.74, 6) is 0.989. The summed E-state index contributed by atoms with van der Waals surface area (Å²) in [6.45, 7) is 5.55. The number of para-hydroxylation sites is 1. The molecule has 0 unspecified atom stereocenters. The molecule has 1 N–H and O–H groups in total. The number of anilines is 1. The van der Waals surface area contributed by atoms with Crippen LogP contribution in [-0.4, -0.2) is 45.1 Å². The molecule has 1 aromatic carbocycles. The van der Waals surface area contributed by atoms with E-state index >= 15 is 0 Å². The number of methoxy groups -OCH3 is 1. The first-order valence-electron chi connectivity index (χ1n) is 10.5. The van der Waals surface area contributed by atoms with Crippen LogP contribution in [0.5, 0.6) is 0 Å². The second kappa shape index (κ2) is 11.6. The smallest absolute Gasteiger partial charge is 0.234 e. The molecule has 0 fully saturated rings. The first-order valence-corrected chi connectivity index (χ1v) is 11.5. The van der Waals surface area contributed by atoms with Gasteiger partial charge in [-0.2, -0.15) is 0 Å². The number of carbonyl (C=O) groups is 1. The van der Waals surface area contributed by atoms with E-state index in [0.29, 0.717) is 13.2 Å². The molecular weight excluding hydrogens is 410 g/mol. The molecule has 0 aliphatic heterocycles. The Morgan fingerprint density at radius 2 is 1.81 bits per heavy atom. The van der Waals surface area contributed by atoms with Crippen LogP contribution in [-0.2, 0) is 28.9 Å². The molecular formula is C23H29N5O2S. The van der Waals surface area contributed by atoms with E-state index in [9.17, 15) is 4.79 Å². The zero-order chi connectivity index (χ0) is 22.1. The summed E-state index contributed by atoms with van der Waals surface area (Å²) in [5, 5.41) is 12.6. The minimum absolute atomic E-state index is 0.0440. The number of nitrogens with zero attached hydrogens (tertiary/aromatic N) is 4. The van der Waals surface area contributed by atoms with E-state index in [1.807, 2.05) is 22.8 Å². The summed E-state index contributed by atoms with van der Waals surface area (Å²) in [7, 11) is 1.69. The van der Waals surface area contributed by atoms with Gasteiger partial charge in [0.2, 0.25) is 5.91 Å². The monoisotopic (exact) mass is 439 g/mol. The summed E-state index contributed by atoms with van der Waals surface area (Å²) in [5.41, 5.74) is 4.19. The molecule has 0 bridgehead atoms. The van der Waals surface area contributed by atoms with Crippen LogP contribution in [0.1, 0.15) is 31.4 Å². The number of nitrogens with one attached hydrogen (secondary N) is 1. The molecule has 3 aromatic rings. The summed E-state index contributed by atoms with van der Waals surface area (Å²) in [4.78, 5) is 16.8. The minimum Gasteiger partial charge on any atom is -0.385 e. The van der Waals surface area contributed by atoms with Crippen molar-refractivity contribution in [3.05, 3.63) is 53.9 Å². The molecule has 0 saturated heterocycles. The van der Waals surface area contributed by atoms with Crippen molar-refractivity contribution in [2.45, 2.75) is 44.8 Å². The minimum atomic E-state index is -0.0440. The molecule has 164 valence electrons. The van der Waals surface area contributed by atoms with E-state index in [1.165, 1.54) is 11.8 Å². The van der Waals surface area contributed by atoms with Crippen LogP contribution in [0.15, 0.2) is 47.9 Å². The van der Waals surface area contributed by atoms with Crippen LogP contribution in [0.4, 0.5) is 5.69 Å². The van der Waals surface area contributed by atoms with Gasteiger partial charge in [-0.15, -0.1) is 10.2 Å². The van der Waals surface area contributed by atoms with Gasteiger partial charge in [0.25, 0.3) is 0 Å². The number of benzene rings is 1. The SMILES string of the molecule is CCc1cccc(CC)c1NC(=O)CSc1nnc(-c2ccncc2)n1CCCOC. The lowest BCUT2D eigenvalue weighted by molar-refractivity contribution is -0.113. The third kappa shape index (κ3) is 5.92. The lowest BCUT2D eigenvalue weighted by Gasteiger charge is -2.14. The Bertz CT molecular complexity index is 969. The Morgan fingerprint density at radius 1 is 1.10 bits per heavy atom. The van der Waals surface area contributed by atoms with Gasteiger partial charge in [-0.1, -0.05) is 43.8 Å². The van der Waals surface area contributed by atoms with Crippen molar-refractivity contribution < 1.29 is 9.53 Å². The van der Waals surface area contributed by atoms with E-state index in [4.69, 9.17) is 4.74 Å². The molecule has 2 heterocycles. The molecule has 8 heteroatoms. The fourth-order valence-corrected chi connectivity index (χ4v) is 4.15. The maximum absolute atomic E-state index is 12.8. The van der Waals surface area contributed by atoms with E-state index in [1.54, 1.807) is 19.5 Å². The third-order valence-corrected chi connectivity index (χ3v) is 5.95. The molecule has 3 rings (SSSR count). The van der Waals surface area contributed by atoms with Crippen LogP contribution >= 0.6 is 11.8 Å². The molecule has 0 aliphatic rings. The second-order valence-electron chi connectivity index (χ2n) is 7.04. The second-order valence-corrected chi connectivity index (χ2v) is 7.98. The van der Waals surface area contributed by atoms with Gasteiger partial charge in [0, 0.05) is 43.9 Å². The maximum Gasteiger partial charge on any atom is 0.234 e. The molecule has 0 spiro atoms. The van der Waals surface area contributed by atoms with Crippen LogP contribution in [0, 0.1) is 0 Å². The Hall–Kier alpha value is -2.71. The van der Waals surface area contributed by atoms with E-state index in [0.717, 1.165) is 52.6 Å². The van der Waals surface area contributed by atoms with Crippen LogP contribution in [0.2, 0.25) is 0 Å². The molecule has 0 saturated carbocycles. The van der Waals surface area contributed by atoms with Gasteiger partial charge < -0.3 is 14.6 Å². The van der Waals surface area contributed by atoms with E-state index in [-0.39, 0.29) is 11.7 Å². The highest BCUT2D eigenvalue weighted by Crippen LogP contribution is 2.26. The average Bonchev–Trinajstić information content (AvgIpc) is 3.21. The molecule has 0 atom stereocenters. The predicted molar refractivity (Wildman–Crippen MR) is 124 cm³/mol. The fourth-order valence-electron chi connectivity index (χ4n) is 3.39. The molecule has 31 heavy (non-hydrogen) atoms. The Morgan fingerprint density at radius 3 is 2.45 bits per heavy atom. The molecule has 7 nitrogen and oxygen atoms in total. The summed E-state index contributed by atoms with van der Waals surface area (Å²) < 4.78 is 7.24. The Balaban J connectivity index is 1.74. The summed E-state index contributed by atoms with van der Waals surface area (Å²) in [6.07, 6.45) is 6.05. The fraction of sp³-hybridized carbons (Fsp3) is 0.391. The molecule has 0 radical (unpaired) electrons. The standard InChI is InChI=1S/C23H29N5O2S/c1-4-17-8-6-9-18(5-2)21(17)25-20(29)16-31-23-27-26-22(19-10-12-24-13-11-19)28(23)14-7-15-30-3/h6,8-13H,4-5,7,14-16H2,1-3H3,(H,25,29). The molecule has 2 aromatic heterocycles. The highest BCUT2D eigenvalue weighted by molar-refractivity contribution is 7.99. The predicted octanol–water partition coefficient (Wildman–Crippen LogP) is 4.23. The summed E-state index contributed by atoms with van der Waals surface area (Å²) in [6, 6.07) is 9.99. The number of pyridine rings is 1. The van der Waals surface area contributed by atoms with Gasteiger partial charge in [0.05, 0.1) is 5.75 Å². The Kier molecular flexibility index (Phi) is 8.61. The van der Waals surface area contributed by atoms with Gasteiger partial charge in [0.1, 0.15) is 0 Å². The van der Waals surface area contributed by atoms with Gasteiger partial charge in [-0.25, -0.2) is 0 Å². The zero-order valence-electron chi connectivity index (χ0n) is 18.3. The van der Waals surface area contributed by atoms with Crippen molar-refractivity contribution in [1.29, 1.82) is 0 Å². The van der Waals surface area contributed by atoms with Crippen molar-refractivity contribution in [3.8, 4) is 11.4 Å². The number of aryl methyl sites for hydroxylation is 2. The van der Waals surface area contributed by atoms with Crippen LogP contribution < -0.4 is 5.32 Å². The quantitative estimate of drug-likeness (QED) is 0.356. The third-order valence-electron chi connectivity index (χ3n) is 4.98. The number of hydrogen-bond acceptors (Lipinski definition) is 6. The number of carbonyl (C=O) groups excluding carboxylic acids is 1. The number of hydrogen-bond donors (Lipinski definition) is 1. The van der Waals surface area contributed by atoms with Gasteiger partial charge in [-0.3, -0.25) is 9.78 Å². The normalized spacial score (nSPS) is 10.9. The van der Waals surface area contributed by atoms with Crippen molar-refractivity contribution in [1.82, 2.24) is 19.7 Å². The first-order chi connectivity index (χ1) is 15.2. The molecule has 1 amide bonds. The van der Waals surface area contributed by atoms with Crippen LogP contribution in [0.3, 0.4) is 0 Å². The lowest BCUT2D eigenvalue weighted by Crippen LogP contribution is -2.17. The van der Waals surface area contributed by atoms with Gasteiger partial charge in [-0.05, 0) is 42.5 Å². The van der Waals surface area contributed by atoms with Crippen molar-refractivity contribution >= 4 is 23.4 Å². The molecule has 0 aliphatic carbocycles. The van der Waals surface area contributed by atoms with E-state index < -0.39 is 0 Å². The number of amides is 1. The maximum atomic E-state index is 12.8. The van der Waals surface area contributed by atoms with Crippen molar-refractivity contribution in [3.63, 3.8) is 0 Å². The number of aromatic nitrogens is 4. The average molecular weight is 440 g/mol. The number of rotatable bonds is 11. The lowest BCUT2D eigenvalue weighted by atomic mass is 10.0. The summed E-state index contributed by atoms with van der Waals surface area (Å²) >= 11 is 1.40. The van der Waals surface area contributed by atoms with Crippen molar-refractivity contribution in [2.24, 2.45) is 0 Å². The van der Waals surface area contributed by atoms with E-state index in [2.05, 4.69) is 46.5 Å². The highest BCUT2D eigenvalue weighted by Gasteiger charge is 2.16. The zero-order valence-corrected chi connectivity index (χ0v) is 19.1. The van der Waals surface area contributed by atoms with Gasteiger partial charge >= 0.3 is 0 Å².